The van der Waals surface area contributed by atoms with E-state index in [9.17, 15) is 9.59 Å². The number of nitrogens with zero attached hydrogens (tertiary/aromatic N) is 2. The lowest BCUT2D eigenvalue weighted by atomic mass is 10.1. The van der Waals surface area contributed by atoms with Crippen molar-refractivity contribution in [1.29, 1.82) is 0 Å². The molecule has 0 radical (unpaired) electrons. The molecule has 1 aromatic heterocycles. The number of nitrogens with one attached hydrogen (secondary N) is 2. The lowest BCUT2D eigenvalue weighted by Gasteiger charge is -2.08. The molecule has 25 heavy (non-hydrogen) atoms. The zero-order valence-electron chi connectivity index (χ0n) is 13.5. The van der Waals surface area contributed by atoms with Gasteiger partial charge in [-0.25, -0.2) is 0 Å². The van der Waals surface area contributed by atoms with Crippen LogP contribution in [0.15, 0.2) is 46.8 Å². The highest BCUT2D eigenvalue weighted by Gasteiger charge is 2.10. The number of hydrogen-bond acceptors (Lipinski definition) is 6. The van der Waals surface area contributed by atoms with Crippen LogP contribution in [0.5, 0.6) is 0 Å². The molecule has 0 fully saturated rings. The van der Waals surface area contributed by atoms with Gasteiger partial charge >= 0.3 is 0 Å². The van der Waals surface area contributed by atoms with E-state index in [1.807, 2.05) is 42.5 Å². The Bertz CT molecular complexity index is 905. The summed E-state index contributed by atoms with van der Waals surface area (Å²) in [5, 5.41) is 16.0. The molecule has 0 aliphatic rings. The molecule has 128 valence electrons. The molecule has 3 rings (SSSR count). The number of anilines is 2. The van der Waals surface area contributed by atoms with Gasteiger partial charge in [0.05, 0.1) is 5.75 Å². The zero-order valence-corrected chi connectivity index (χ0v) is 15.1. The molecule has 0 aliphatic carbocycles. The summed E-state index contributed by atoms with van der Waals surface area (Å²) < 4.78 is 0.638. The molecule has 0 saturated heterocycles. The van der Waals surface area contributed by atoms with Crippen LogP contribution in [0, 0.1) is 0 Å². The standard InChI is InChI=1S/C17H16N4O2S2/c1-2-14(22)19-16-20-21-17(25-16)24-10-15(23)18-13-9-5-7-11-6-3-4-8-12(11)13/h3-9H,2,10H2,1H3,(H,18,23)(H,19,20,22). The highest BCUT2D eigenvalue weighted by atomic mass is 32.2. The maximum absolute atomic E-state index is 12.2. The monoisotopic (exact) mass is 372 g/mol. The average Bonchev–Trinajstić information content (AvgIpc) is 3.07. The van der Waals surface area contributed by atoms with Crippen molar-refractivity contribution < 1.29 is 9.59 Å². The van der Waals surface area contributed by atoms with Crippen molar-refractivity contribution in [2.45, 2.75) is 17.7 Å². The van der Waals surface area contributed by atoms with Gasteiger partial charge in [-0.15, -0.1) is 10.2 Å². The molecule has 2 N–H and O–H groups in total. The Morgan fingerprint density at radius 2 is 1.84 bits per heavy atom. The summed E-state index contributed by atoms with van der Waals surface area (Å²) in [5.74, 6) is -0.00311. The zero-order chi connectivity index (χ0) is 17.6. The van der Waals surface area contributed by atoms with Crippen LogP contribution >= 0.6 is 23.1 Å². The maximum atomic E-state index is 12.2. The molecular formula is C17H16N4O2S2. The Kier molecular flexibility index (Phi) is 5.62. The predicted molar refractivity (Wildman–Crippen MR) is 102 cm³/mol. The summed E-state index contributed by atoms with van der Waals surface area (Å²) in [6.07, 6.45) is 0.384. The second-order valence-corrected chi connectivity index (χ2v) is 7.34. The molecule has 0 spiro atoms. The SMILES string of the molecule is CCC(=O)Nc1nnc(SCC(=O)Nc2cccc3ccccc23)s1. The van der Waals surface area contributed by atoms with Gasteiger partial charge in [0.2, 0.25) is 16.9 Å². The first kappa shape index (κ1) is 17.4. The minimum Gasteiger partial charge on any atom is -0.325 e. The van der Waals surface area contributed by atoms with E-state index in [2.05, 4.69) is 20.8 Å². The fourth-order valence-electron chi connectivity index (χ4n) is 2.17. The van der Waals surface area contributed by atoms with Crippen LogP contribution in [0.3, 0.4) is 0 Å². The smallest absolute Gasteiger partial charge is 0.234 e. The highest BCUT2D eigenvalue weighted by Crippen LogP contribution is 2.27. The number of rotatable bonds is 6. The quantitative estimate of drug-likeness (QED) is 0.508. The first-order chi connectivity index (χ1) is 12.2. The second kappa shape index (κ2) is 8.09. The molecule has 2 aromatic carbocycles. The predicted octanol–water partition coefficient (Wildman–Crippen LogP) is 3.77. The highest BCUT2D eigenvalue weighted by molar-refractivity contribution is 8.01. The third-order valence-electron chi connectivity index (χ3n) is 3.36. The first-order valence-corrected chi connectivity index (χ1v) is 9.49. The third kappa shape index (κ3) is 4.55. The van der Waals surface area contributed by atoms with E-state index in [1.165, 1.54) is 23.1 Å². The van der Waals surface area contributed by atoms with Crippen LogP contribution in [0.4, 0.5) is 10.8 Å². The molecule has 3 aromatic rings. The van der Waals surface area contributed by atoms with E-state index in [4.69, 9.17) is 0 Å². The molecule has 0 unspecified atom stereocenters. The van der Waals surface area contributed by atoms with Crippen LogP contribution in [-0.2, 0) is 9.59 Å². The summed E-state index contributed by atoms with van der Waals surface area (Å²) in [5.41, 5.74) is 0.789. The van der Waals surface area contributed by atoms with Crippen LogP contribution in [-0.4, -0.2) is 27.8 Å². The molecule has 1 heterocycles. The number of hydrogen-bond donors (Lipinski definition) is 2. The molecule has 0 aliphatic heterocycles. The molecule has 6 nitrogen and oxygen atoms in total. The van der Waals surface area contributed by atoms with Gasteiger partial charge in [-0.2, -0.15) is 0 Å². The summed E-state index contributed by atoms with van der Waals surface area (Å²) in [4.78, 5) is 23.5. The number of fused-ring (bicyclic) bond motifs is 1. The van der Waals surface area contributed by atoms with E-state index in [1.54, 1.807) is 6.92 Å². The average molecular weight is 372 g/mol. The fourth-order valence-corrected chi connectivity index (χ4v) is 3.74. The van der Waals surface area contributed by atoms with Crippen LogP contribution < -0.4 is 10.6 Å². The molecular weight excluding hydrogens is 356 g/mol. The second-order valence-electron chi connectivity index (χ2n) is 5.14. The van der Waals surface area contributed by atoms with E-state index < -0.39 is 0 Å². The number of benzene rings is 2. The Balaban J connectivity index is 1.59. The Morgan fingerprint density at radius 3 is 2.68 bits per heavy atom. The lowest BCUT2D eigenvalue weighted by molar-refractivity contribution is -0.116. The van der Waals surface area contributed by atoms with Crippen LogP contribution in [0.2, 0.25) is 0 Å². The maximum Gasteiger partial charge on any atom is 0.234 e. The van der Waals surface area contributed by atoms with Crippen LogP contribution in [0.25, 0.3) is 10.8 Å². The van der Waals surface area contributed by atoms with Gasteiger partial charge in [0, 0.05) is 17.5 Å². The summed E-state index contributed by atoms with van der Waals surface area (Å²) in [7, 11) is 0. The van der Waals surface area contributed by atoms with Gasteiger partial charge < -0.3 is 10.6 Å². The Labute approximate surface area is 153 Å². The molecule has 0 atom stereocenters. The van der Waals surface area contributed by atoms with Crippen molar-refractivity contribution in [2.24, 2.45) is 0 Å². The number of aromatic nitrogens is 2. The number of carbonyl (C=O) groups is 2. The lowest BCUT2D eigenvalue weighted by Crippen LogP contribution is -2.14. The number of carbonyl (C=O) groups excluding carboxylic acids is 2. The minimum absolute atomic E-state index is 0.110. The summed E-state index contributed by atoms with van der Waals surface area (Å²) in [6, 6.07) is 13.7. The van der Waals surface area contributed by atoms with E-state index in [0.29, 0.717) is 15.9 Å². The van der Waals surface area contributed by atoms with Gasteiger partial charge in [0.15, 0.2) is 4.34 Å². The number of amides is 2. The Morgan fingerprint density at radius 1 is 1.04 bits per heavy atom. The largest absolute Gasteiger partial charge is 0.325 e. The number of thioether (sulfide) groups is 1. The topological polar surface area (TPSA) is 84.0 Å². The van der Waals surface area contributed by atoms with Gasteiger partial charge in [-0.05, 0) is 11.5 Å². The molecule has 8 heteroatoms. The van der Waals surface area contributed by atoms with Gasteiger partial charge in [0.25, 0.3) is 0 Å². The van der Waals surface area contributed by atoms with Crippen molar-refractivity contribution >= 4 is 56.5 Å². The summed E-state index contributed by atoms with van der Waals surface area (Å²) >= 11 is 2.55. The normalized spacial score (nSPS) is 10.6. The fraction of sp³-hybridized carbons (Fsp3) is 0.176. The van der Waals surface area contributed by atoms with E-state index in [-0.39, 0.29) is 17.6 Å². The van der Waals surface area contributed by atoms with Crippen molar-refractivity contribution in [1.82, 2.24) is 10.2 Å². The van der Waals surface area contributed by atoms with Gasteiger partial charge in [-0.1, -0.05) is 66.4 Å². The molecule has 0 saturated carbocycles. The van der Waals surface area contributed by atoms with Crippen molar-refractivity contribution in [3.63, 3.8) is 0 Å². The Hall–Kier alpha value is -2.45. The van der Waals surface area contributed by atoms with E-state index in [0.717, 1.165) is 16.5 Å². The molecule has 2 amide bonds. The third-order valence-corrected chi connectivity index (χ3v) is 5.34. The van der Waals surface area contributed by atoms with Gasteiger partial charge in [-0.3, -0.25) is 9.59 Å². The van der Waals surface area contributed by atoms with Gasteiger partial charge in [0.1, 0.15) is 0 Å². The van der Waals surface area contributed by atoms with Crippen molar-refractivity contribution in [3.05, 3.63) is 42.5 Å². The minimum atomic E-state index is -0.115. The summed E-state index contributed by atoms with van der Waals surface area (Å²) in [6.45, 7) is 1.77. The van der Waals surface area contributed by atoms with E-state index >= 15 is 0 Å². The van der Waals surface area contributed by atoms with Crippen LogP contribution in [0.1, 0.15) is 13.3 Å². The van der Waals surface area contributed by atoms with Crippen molar-refractivity contribution in [2.75, 3.05) is 16.4 Å². The molecule has 0 bridgehead atoms. The van der Waals surface area contributed by atoms with Crippen molar-refractivity contribution in [3.8, 4) is 0 Å². The first-order valence-electron chi connectivity index (χ1n) is 7.69.